The van der Waals surface area contributed by atoms with Crippen LogP contribution in [0.25, 0.3) is 0 Å². The number of hydrogen-bond acceptors (Lipinski definition) is 4. The number of carbonyl (C=O) groups is 3. The quantitative estimate of drug-likeness (QED) is 0.840. The Hall–Kier alpha value is -2.37. The molecular weight excluding hydrogens is 284 g/mol. The van der Waals surface area contributed by atoms with Crippen molar-refractivity contribution in [2.45, 2.75) is 39.3 Å². The number of hydrogen-bond donors (Lipinski definition) is 1. The second-order valence-electron chi connectivity index (χ2n) is 5.36. The summed E-state index contributed by atoms with van der Waals surface area (Å²) in [5, 5.41) is 2.76. The van der Waals surface area contributed by atoms with E-state index in [9.17, 15) is 14.4 Å². The normalized spacial score (nSPS) is 17.5. The molecule has 0 aromatic heterocycles. The molecule has 0 bridgehead atoms. The fourth-order valence-electron chi connectivity index (χ4n) is 2.55. The van der Waals surface area contributed by atoms with Crippen molar-refractivity contribution in [1.82, 2.24) is 4.90 Å². The van der Waals surface area contributed by atoms with E-state index in [1.165, 1.54) is 13.8 Å². The molecule has 1 saturated heterocycles. The van der Waals surface area contributed by atoms with Crippen LogP contribution < -0.4 is 5.32 Å². The number of para-hydroxylation sites is 1. The number of rotatable bonds is 5. The third-order valence-electron chi connectivity index (χ3n) is 3.60. The minimum absolute atomic E-state index is 0.0368. The maximum absolute atomic E-state index is 12.1. The number of benzene rings is 1. The Labute approximate surface area is 129 Å². The average molecular weight is 304 g/mol. The molecule has 0 spiro atoms. The zero-order valence-electron chi connectivity index (χ0n) is 12.8. The average Bonchev–Trinajstić information content (AvgIpc) is 2.79. The van der Waals surface area contributed by atoms with E-state index in [-0.39, 0.29) is 30.4 Å². The maximum atomic E-state index is 12.1. The van der Waals surface area contributed by atoms with Gasteiger partial charge < -0.3 is 15.0 Å². The minimum Gasteiger partial charge on any atom is -0.464 e. The third kappa shape index (κ3) is 4.07. The van der Waals surface area contributed by atoms with Gasteiger partial charge in [0.2, 0.25) is 11.8 Å². The lowest BCUT2D eigenvalue weighted by Gasteiger charge is -2.25. The highest BCUT2D eigenvalue weighted by Gasteiger charge is 2.32. The van der Waals surface area contributed by atoms with Gasteiger partial charge in [-0.05, 0) is 18.1 Å². The van der Waals surface area contributed by atoms with Gasteiger partial charge in [-0.3, -0.25) is 14.4 Å². The van der Waals surface area contributed by atoms with E-state index in [0.717, 1.165) is 5.56 Å². The van der Waals surface area contributed by atoms with E-state index in [0.29, 0.717) is 25.1 Å². The van der Waals surface area contributed by atoms with Crippen LogP contribution in [0.3, 0.4) is 0 Å². The Morgan fingerprint density at radius 1 is 1.32 bits per heavy atom. The van der Waals surface area contributed by atoms with Crippen molar-refractivity contribution in [1.29, 1.82) is 0 Å². The number of nitrogens with one attached hydrogen (secondary N) is 1. The first-order chi connectivity index (χ1) is 10.5. The second-order valence-corrected chi connectivity index (χ2v) is 5.36. The van der Waals surface area contributed by atoms with Crippen LogP contribution in [-0.4, -0.2) is 35.3 Å². The largest absolute Gasteiger partial charge is 0.464 e. The molecule has 1 unspecified atom stereocenters. The van der Waals surface area contributed by atoms with Crippen LogP contribution in [0, 0.1) is 0 Å². The van der Waals surface area contributed by atoms with E-state index < -0.39 is 0 Å². The topological polar surface area (TPSA) is 75.7 Å². The second kappa shape index (κ2) is 7.06. The van der Waals surface area contributed by atoms with Gasteiger partial charge in [-0.1, -0.05) is 18.2 Å². The molecule has 0 aliphatic carbocycles. The van der Waals surface area contributed by atoms with Crippen LogP contribution in [0.4, 0.5) is 5.69 Å². The molecule has 1 aromatic carbocycles. The SMILES string of the molecule is CC(=O)Nc1ccccc1CN1C(=O)CCC1COC(C)=O. The van der Waals surface area contributed by atoms with Gasteiger partial charge in [-0.25, -0.2) is 0 Å². The number of likely N-dealkylation sites (tertiary alicyclic amines) is 1. The van der Waals surface area contributed by atoms with Crippen molar-refractivity contribution in [3.63, 3.8) is 0 Å². The first-order valence-corrected chi connectivity index (χ1v) is 7.25. The first kappa shape index (κ1) is 16.0. The van der Waals surface area contributed by atoms with E-state index in [2.05, 4.69) is 5.32 Å². The van der Waals surface area contributed by atoms with Crippen molar-refractivity contribution in [3.8, 4) is 0 Å². The molecular formula is C16H20N2O4. The van der Waals surface area contributed by atoms with Gasteiger partial charge in [0.1, 0.15) is 6.61 Å². The highest BCUT2D eigenvalue weighted by atomic mass is 16.5. The molecule has 6 heteroatoms. The molecule has 118 valence electrons. The Bertz CT molecular complexity index is 585. The lowest BCUT2D eigenvalue weighted by Crippen LogP contribution is -2.36. The number of carbonyl (C=O) groups excluding carboxylic acids is 3. The molecule has 1 N–H and O–H groups in total. The van der Waals surface area contributed by atoms with E-state index in [4.69, 9.17) is 4.74 Å². The molecule has 6 nitrogen and oxygen atoms in total. The van der Waals surface area contributed by atoms with Crippen molar-refractivity contribution in [2.24, 2.45) is 0 Å². The molecule has 1 fully saturated rings. The standard InChI is InChI=1S/C16H20N2O4/c1-11(19)17-15-6-4-3-5-13(15)9-18-14(7-8-16(18)21)10-22-12(2)20/h3-6,14H,7-10H2,1-2H3,(H,17,19). The molecule has 22 heavy (non-hydrogen) atoms. The maximum Gasteiger partial charge on any atom is 0.302 e. The van der Waals surface area contributed by atoms with Gasteiger partial charge in [-0.15, -0.1) is 0 Å². The Balaban J connectivity index is 2.12. The van der Waals surface area contributed by atoms with Crippen LogP contribution in [0.15, 0.2) is 24.3 Å². The van der Waals surface area contributed by atoms with Crippen molar-refractivity contribution < 1.29 is 19.1 Å². The Morgan fingerprint density at radius 2 is 2.05 bits per heavy atom. The first-order valence-electron chi connectivity index (χ1n) is 7.25. The van der Waals surface area contributed by atoms with Gasteiger partial charge in [0.25, 0.3) is 0 Å². The van der Waals surface area contributed by atoms with Crippen LogP contribution >= 0.6 is 0 Å². The summed E-state index contributed by atoms with van der Waals surface area (Å²) in [5.41, 5.74) is 1.56. The Kier molecular flexibility index (Phi) is 5.14. The lowest BCUT2D eigenvalue weighted by atomic mass is 10.1. The number of esters is 1. The molecule has 1 aliphatic rings. The molecule has 0 radical (unpaired) electrons. The number of anilines is 1. The summed E-state index contributed by atoms with van der Waals surface area (Å²) in [4.78, 5) is 36.0. The summed E-state index contributed by atoms with van der Waals surface area (Å²) in [6.45, 7) is 3.40. The molecule has 2 rings (SSSR count). The summed E-state index contributed by atoms with van der Waals surface area (Å²) >= 11 is 0. The summed E-state index contributed by atoms with van der Waals surface area (Å²) < 4.78 is 5.03. The fourth-order valence-corrected chi connectivity index (χ4v) is 2.55. The molecule has 1 aromatic rings. The van der Waals surface area contributed by atoms with Crippen LogP contribution in [0.2, 0.25) is 0 Å². The van der Waals surface area contributed by atoms with Gasteiger partial charge >= 0.3 is 5.97 Å². The number of amides is 2. The zero-order valence-corrected chi connectivity index (χ0v) is 12.8. The summed E-state index contributed by atoms with van der Waals surface area (Å²) in [6, 6.07) is 7.26. The fraction of sp³-hybridized carbons (Fsp3) is 0.438. The molecule has 1 heterocycles. The van der Waals surface area contributed by atoms with Gasteiger partial charge in [0, 0.05) is 32.5 Å². The van der Waals surface area contributed by atoms with E-state index >= 15 is 0 Å². The number of ether oxygens (including phenoxy) is 1. The summed E-state index contributed by atoms with van der Waals surface area (Å²) in [6.07, 6.45) is 1.13. The lowest BCUT2D eigenvalue weighted by molar-refractivity contribution is -0.144. The number of nitrogens with zero attached hydrogens (tertiary/aromatic N) is 1. The monoisotopic (exact) mass is 304 g/mol. The van der Waals surface area contributed by atoms with E-state index in [1.54, 1.807) is 11.0 Å². The molecule has 0 saturated carbocycles. The molecule has 1 aliphatic heterocycles. The van der Waals surface area contributed by atoms with Crippen molar-refractivity contribution in [3.05, 3.63) is 29.8 Å². The zero-order chi connectivity index (χ0) is 16.1. The molecule has 1 atom stereocenters. The van der Waals surface area contributed by atoms with Crippen LogP contribution in [-0.2, 0) is 25.7 Å². The van der Waals surface area contributed by atoms with Crippen molar-refractivity contribution in [2.75, 3.05) is 11.9 Å². The van der Waals surface area contributed by atoms with Gasteiger partial charge in [0.15, 0.2) is 0 Å². The summed E-state index contributed by atoms with van der Waals surface area (Å²) in [7, 11) is 0. The highest BCUT2D eigenvalue weighted by molar-refractivity contribution is 5.89. The smallest absolute Gasteiger partial charge is 0.302 e. The predicted octanol–water partition coefficient (Wildman–Crippen LogP) is 1.70. The third-order valence-corrected chi connectivity index (χ3v) is 3.60. The Morgan fingerprint density at radius 3 is 2.73 bits per heavy atom. The molecule has 2 amide bonds. The van der Waals surface area contributed by atoms with Gasteiger partial charge in [-0.2, -0.15) is 0 Å². The highest BCUT2D eigenvalue weighted by Crippen LogP contribution is 2.25. The summed E-state index contributed by atoms with van der Waals surface area (Å²) in [5.74, 6) is -0.468. The van der Waals surface area contributed by atoms with Crippen LogP contribution in [0.5, 0.6) is 0 Å². The van der Waals surface area contributed by atoms with Crippen molar-refractivity contribution >= 4 is 23.5 Å². The van der Waals surface area contributed by atoms with Gasteiger partial charge in [0.05, 0.1) is 6.04 Å². The van der Waals surface area contributed by atoms with E-state index in [1.807, 2.05) is 18.2 Å². The van der Waals surface area contributed by atoms with Crippen LogP contribution in [0.1, 0.15) is 32.3 Å². The predicted molar refractivity (Wildman–Crippen MR) is 81.0 cm³/mol. The minimum atomic E-state index is -0.349.